The first-order chi connectivity index (χ1) is 7.60. The Morgan fingerprint density at radius 1 is 1.59 bits per heavy atom. The maximum absolute atomic E-state index is 9.98. The predicted molar refractivity (Wildman–Crippen MR) is 84.2 cm³/mol. The van der Waals surface area contributed by atoms with Crippen molar-refractivity contribution in [1.29, 1.82) is 0 Å². The first kappa shape index (κ1) is 23.4. The van der Waals surface area contributed by atoms with Crippen molar-refractivity contribution in [3.63, 3.8) is 0 Å². The number of carbonyl (C=O) groups excluding carboxylic acids is 1. The molecule has 0 amide bonds. The van der Waals surface area contributed by atoms with Crippen molar-refractivity contribution >= 4 is 67.9 Å². The molecule has 8 heteroatoms. The number of allylic oxidation sites excluding steroid dienone is 2. The van der Waals surface area contributed by atoms with Gasteiger partial charge in [0, 0.05) is 6.61 Å². The molecule has 0 fully saturated rings. The van der Waals surface area contributed by atoms with E-state index in [0.717, 1.165) is 6.08 Å². The minimum atomic E-state index is -2.05. The second-order valence-corrected chi connectivity index (χ2v) is 13.9. The molecule has 0 aromatic heterocycles. The van der Waals surface area contributed by atoms with Crippen LogP contribution in [0.5, 0.6) is 0 Å². The molecule has 3 nitrogen and oxygen atoms in total. The van der Waals surface area contributed by atoms with E-state index in [0.29, 0.717) is 6.61 Å². The average molecular weight is 421 g/mol. The van der Waals surface area contributed by atoms with Gasteiger partial charge in [0.05, 0.1) is 0 Å². The topological polar surface area (TPSA) is 49.4 Å². The fourth-order valence-electron chi connectivity index (χ4n) is 0.449. The number of thiol groups is 1. The zero-order valence-corrected chi connectivity index (χ0v) is 17.0. The molecule has 17 heavy (non-hydrogen) atoms. The first-order valence-electron chi connectivity index (χ1n) is 4.73. The average Bonchev–Trinajstić information content (AvgIpc) is 2.00. The Labute approximate surface area is 130 Å². The van der Waals surface area contributed by atoms with Gasteiger partial charge >= 0.3 is 31.0 Å². The second-order valence-electron chi connectivity index (χ2n) is 2.75. The number of hydrogen-bond acceptors (Lipinski definition) is 5. The summed E-state index contributed by atoms with van der Waals surface area (Å²) >= 11 is 13.4. The van der Waals surface area contributed by atoms with Gasteiger partial charge in [-0.1, -0.05) is 18.7 Å². The van der Waals surface area contributed by atoms with Crippen LogP contribution in [0.15, 0.2) is 11.8 Å². The molecule has 0 saturated carbocycles. The van der Waals surface area contributed by atoms with Crippen molar-refractivity contribution in [3.05, 3.63) is 11.8 Å². The fraction of sp³-hybridized carbons (Fsp3) is 0.667. The Morgan fingerprint density at radius 3 is 1.94 bits per heavy atom. The fourth-order valence-corrected chi connectivity index (χ4v) is 1.75. The van der Waals surface area contributed by atoms with Crippen molar-refractivity contribution in [2.45, 2.75) is 30.7 Å². The molecule has 100 valence electrons. The van der Waals surface area contributed by atoms with Crippen LogP contribution in [0.3, 0.4) is 0 Å². The SMILES string of the molecule is CC(=O)/C=C(\C)[O-].CCOP(=S)([S-])S.[CH3][Sn+2][CH3]. The van der Waals surface area contributed by atoms with Crippen LogP contribution in [-0.2, 0) is 33.4 Å². The molecule has 0 aliphatic carbocycles. The van der Waals surface area contributed by atoms with E-state index >= 15 is 0 Å². The van der Waals surface area contributed by atoms with Crippen LogP contribution in [0.4, 0.5) is 0 Å². The van der Waals surface area contributed by atoms with E-state index in [9.17, 15) is 9.90 Å². The zero-order valence-electron chi connectivity index (χ0n) is 10.7. The summed E-state index contributed by atoms with van der Waals surface area (Å²) in [5, 5.41) is 9.98. The van der Waals surface area contributed by atoms with E-state index in [1.807, 2.05) is 6.92 Å². The number of hydrogen-bond donors (Lipinski definition) is 1. The molecular weight excluding hydrogens is 402 g/mol. The quantitative estimate of drug-likeness (QED) is 0.190. The van der Waals surface area contributed by atoms with Gasteiger partial charge < -0.3 is 21.9 Å². The summed E-state index contributed by atoms with van der Waals surface area (Å²) in [5.41, 5.74) is 0. The molecule has 1 unspecified atom stereocenters. The maximum atomic E-state index is 9.98. The monoisotopic (exact) mass is 422 g/mol. The summed E-state index contributed by atoms with van der Waals surface area (Å²) < 4.78 is 2.78. The molecule has 0 rings (SSSR count). The van der Waals surface area contributed by atoms with E-state index in [-0.39, 0.29) is 32.7 Å². The summed E-state index contributed by atoms with van der Waals surface area (Å²) in [6.07, 6.45) is 1.06. The molecule has 0 aliphatic heterocycles. The second kappa shape index (κ2) is 15.4. The molecule has 0 spiro atoms. The van der Waals surface area contributed by atoms with E-state index in [1.165, 1.54) is 13.8 Å². The van der Waals surface area contributed by atoms with Gasteiger partial charge in [0.1, 0.15) is 0 Å². The predicted octanol–water partition coefficient (Wildman–Crippen LogP) is 2.35. The Morgan fingerprint density at radius 2 is 1.94 bits per heavy atom. The summed E-state index contributed by atoms with van der Waals surface area (Å²) in [7, 11) is 0. The van der Waals surface area contributed by atoms with E-state index in [2.05, 4.69) is 46.2 Å². The van der Waals surface area contributed by atoms with Crippen LogP contribution < -0.4 is 5.11 Å². The van der Waals surface area contributed by atoms with Gasteiger partial charge in [-0.05, 0) is 24.6 Å². The summed E-state index contributed by atoms with van der Waals surface area (Å²) in [5.74, 6) is -0.375. The first-order valence-corrected chi connectivity index (χ1v) is 15.3. The third-order valence-electron chi connectivity index (χ3n) is 0.699. The summed E-state index contributed by atoms with van der Waals surface area (Å²) in [4.78, 5) is 14.6. The van der Waals surface area contributed by atoms with Gasteiger partial charge in [0.25, 0.3) is 0 Å². The van der Waals surface area contributed by atoms with Crippen molar-refractivity contribution < 1.29 is 14.4 Å². The molecule has 0 aliphatic rings. The van der Waals surface area contributed by atoms with Crippen molar-refractivity contribution in [1.82, 2.24) is 0 Å². The molecule has 1 atom stereocenters. The standard InChI is InChI=1S/C5H8O2.C2H7OPS3.2CH3.Sn/c1-4(6)3-5(2)7;1-2-3-4(5,6)7;;;/h3,6H,1-2H3;2H2,1H3,(H2,5,6,7);2*1H3;/q;;;;+2/p-2/b4-3+;;;;. The van der Waals surface area contributed by atoms with E-state index in [1.54, 1.807) is 0 Å². The van der Waals surface area contributed by atoms with Gasteiger partial charge in [0.15, 0.2) is 5.78 Å². The van der Waals surface area contributed by atoms with Gasteiger partial charge in [0.2, 0.25) is 0 Å². The van der Waals surface area contributed by atoms with Crippen LogP contribution >= 0.6 is 16.9 Å². The van der Waals surface area contributed by atoms with Crippen molar-refractivity contribution in [3.8, 4) is 0 Å². The summed E-state index contributed by atoms with van der Waals surface area (Å²) in [6.45, 7) is 5.12. The minimum absolute atomic E-state index is 0.187. The Balaban J connectivity index is -0.000000188. The van der Waals surface area contributed by atoms with Crippen LogP contribution in [0.1, 0.15) is 20.8 Å². The number of ketones is 1. The zero-order chi connectivity index (χ0) is 14.5. The molecule has 0 saturated heterocycles. The van der Waals surface area contributed by atoms with Gasteiger partial charge in [-0.3, -0.25) is 4.79 Å². The molecule has 0 bridgehead atoms. The normalized spacial score (nSPS) is 13.0. The molecular formula is C9H19O3PS3Sn. The van der Waals surface area contributed by atoms with E-state index < -0.39 is 4.67 Å². The number of rotatable bonds is 3. The van der Waals surface area contributed by atoms with Gasteiger partial charge in [-0.25, -0.2) is 0 Å². The molecule has 0 N–H and O–H groups in total. The van der Waals surface area contributed by atoms with Crippen LogP contribution in [-0.4, -0.2) is 33.5 Å². The van der Waals surface area contributed by atoms with Gasteiger partial charge in [-0.2, -0.15) is 0 Å². The third kappa shape index (κ3) is 46.8. The molecule has 0 aromatic carbocycles. The van der Waals surface area contributed by atoms with E-state index in [4.69, 9.17) is 4.52 Å². The van der Waals surface area contributed by atoms with Crippen molar-refractivity contribution in [2.24, 2.45) is 0 Å². The molecule has 0 aromatic rings. The van der Waals surface area contributed by atoms with Crippen LogP contribution in [0, 0.1) is 0 Å². The number of carbonyl (C=O) groups is 1. The Kier molecular flexibility index (Phi) is 21.2. The van der Waals surface area contributed by atoms with Gasteiger partial charge in [-0.15, -0.1) is 18.0 Å². The molecule has 0 radical (unpaired) electrons. The summed E-state index contributed by atoms with van der Waals surface area (Å²) in [6, 6.07) is 0. The van der Waals surface area contributed by atoms with Crippen LogP contribution in [0.25, 0.3) is 0 Å². The third-order valence-corrected chi connectivity index (χ3v) is 2.26. The molecule has 0 heterocycles. The Hall–Kier alpha value is 1.32. The Bertz CT molecular complexity index is 262. The van der Waals surface area contributed by atoms with Crippen molar-refractivity contribution in [2.75, 3.05) is 6.61 Å². The van der Waals surface area contributed by atoms with Crippen LogP contribution in [0.2, 0.25) is 9.88 Å².